The highest BCUT2D eigenvalue weighted by Gasteiger charge is 2.29. The number of hydrogen-bond donors (Lipinski definition) is 2. The average Bonchev–Trinajstić information content (AvgIpc) is 2.60. The molecule has 156 valence electrons. The molecule has 0 aromatic heterocycles. The van der Waals surface area contributed by atoms with E-state index in [0.717, 1.165) is 12.1 Å². The third kappa shape index (κ3) is 7.33. The van der Waals surface area contributed by atoms with Gasteiger partial charge in [0, 0.05) is 21.7 Å². The Balaban J connectivity index is 2.10. The number of benzene rings is 2. The molecule has 0 saturated heterocycles. The van der Waals surface area contributed by atoms with E-state index in [2.05, 4.69) is 5.32 Å². The van der Waals surface area contributed by atoms with Crippen LogP contribution in [0.4, 0.5) is 32.0 Å². The van der Waals surface area contributed by atoms with Gasteiger partial charge in [0.1, 0.15) is 6.54 Å². The van der Waals surface area contributed by atoms with Crippen molar-refractivity contribution in [2.45, 2.75) is 23.5 Å². The first-order valence-corrected chi connectivity index (χ1v) is 8.78. The molecule has 0 spiro atoms. The lowest BCUT2D eigenvalue weighted by molar-refractivity contribution is -0.123. The molecule has 4 nitrogen and oxygen atoms in total. The second-order valence-electron chi connectivity index (χ2n) is 5.85. The van der Waals surface area contributed by atoms with Crippen LogP contribution in [-0.2, 0) is 0 Å². The first-order chi connectivity index (χ1) is 13.3. The van der Waals surface area contributed by atoms with Crippen molar-refractivity contribution in [1.82, 2.24) is 5.32 Å². The van der Waals surface area contributed by atoms with Crippen molar-refractivity contribution >= 4 is 29.3 Å². The lowest BCUT2D eigenvalue weighted by Gasteiger charge is -2.12. The van der Waals surface area contributed by atoms with Gasteiger partial charge in [-0.15, -0.1) is 0 Å². The summed E-state index contributed by atoms with van der Waals surface area (Å²) in [6.45, 7) is 0.111. The van der Waals surface area contributed by atoms with Crippen LogP contribution in [0.5, 0.6) is 0 Å². The number of hydrogen-bond acceptors (Lipinski definition) is 3. The molecule has 0 atom stereocenters. The highest BCUT2D eigenvalue weighted by atomic mass is 32.2. The Bertz CT molecular complexity index is 895. The molecular weight excluding hydrogens is 422 g/mol. The van der Waals surface area contributed by atoms with E-state index in [1.807, 2.05) is 0 Å². The van der Waals surface area contributed by atoms with Crippen LogP contribution in [0.2, 0.25) is 0 Å². The molecule has 2 amide bonds. The van der Waals surface area contributed by atoms with Crippen LogP contribution in [0, 0.1) is 6.92 Å². The van der Waals surface area contributed by atoms with Crippen molar-refractivity contribution < 1.29 is 35.9 Å². The van der Waals surface area contributed by atoms with Gasteiger partial charge in [-0.05, 0) is 60.6 Å². The maximum Gasteiger partial charge on any atom is 0.446 e. The molecule has 0 unspecified atom stereocenters. The first kappa shape index (κ1) is 22.6. The van der Waals surface area contributed by atoms with Gasteiger partial charge in [0.25, 0.3) is 11.8 Å². The molecule has 0 bridgehead atoms. The molecule has 29 heavy (non-hydrogen) atoms. The zero-order valence-electron chi connectivity index (χ0n) is 14.7. The Morgan fingerprint density at radius 2 is 1.48 bits per heavy atom. The summed E-state index contributed by atoms with van der Waals surface area (Å²) in [5.74, 6) is -1.61. The van der Waals surface area contributed by atoms with Gasteiger partial charge in [-0.2, -0.15) is 26.3 Å². The van der Waals surface area contributed by atoms with Gasteiger partial charge in [-0.25, -0.2) is 0 Å². The van der Waals surface area contributed by atoms with E-state index in [0.29, 0.717) is 5.56 Å². The Labute approximate surface area is 165 Å². The number of nitrogens with one attached hydrogen (secondary N) is 2. The number of anilines is 1. The van der Waals surface area contributed by atoms with Gasteiger partial charge in [0.15, 0.2) is 0 Å². The van der Waals surface area contributed by atoms with Crippen LogP contribution in [0.1, 0.15) is 26.3 Å². The Morgan fingerprint density at radius 1 is 0.897 bits per heavy atom. The van der Waals surface area contributed by atoms with Crippen LogP contribution < -0.4 is 10.6 Å². The minimum absolute atomic E-state index is 0.0721. The topological polar surface area (TPSA) is 58.2 Å². The number of halogens is 6. The summed E-state index contributed by atoms with van der Waals surface area (Å²) in [4.78, 5) is 24.1. The zero-order chi connectivity index (χ0) is 21.8. The number of rotatable bonds is 5. The normalized spacial score (nSPS) is 11.8. The summed E-state index contributed by atoms with van der Waals surface area (Å²) in [5, 5.41) is 4.22. The fourth-order valence-electron chi connectivity index (χ4n) is 2.18. The van der Waals surface area contributed by atoms with Gasteiger partial charge in [-0.3, -0.25) is 9.59 Å². The number of carbonyl (C=O) groups is 2. The quantitative estimate of drug-likeness (QED) is 0.504. The van der Waals surface area contributed by atoms with Crippen LogP contribution in [0.3, 0.4) is 0 Å². The minimum atomic E-state index is -4.56. The molecule has 0 saturated carbocycles. The lowest BCUT2D eigenvalue weighted by atomic mass is 10.1. The van der Waals surface area contributed by atoms with Gasteiger partial charge in [0.05, 0.1) is 0 Å². The fraction of sp³-hybridized carbons (Fsp3) is 0.222. The first-order valence-electron chi connectivity index (χ1n) is 7.97. The van der Waals surface area contributed by atoms with E-state index in [-0.39, 0.29) is 33.5 Å². The molecule has 0 fully saturated rings. The van der Waals surface area contributed by atoms with Crippen LogP contribution in [0.15, 0.2) is 47.4 Å². The number of thioether (sulfide) groups is 1. The minimum Gasteiger partial charge on any atom is -0.343 e. The summed E-state index contributed by atoms with van der Waals surface area (Å²) in [6, 6.07) is 8.66. The Morgan fingerprint density at radius 3 is 2.03 bits per heavy atom. The van der Waals surface area contributed by atoms with Crippen LogP contribution in [-0.4, -0.2) is 30.0 Å². The summed E-state index contributed by atoms with van der Waals surface area (Å²) in [5.41, 5.74) is -3.75. The highest BCUT2D eigenvalue weighted by molar-refractivity contribution is 8.00. The number of alkyl halides is 6. The molecule has 2 rings (SSSR count). The van der Waals surface area contributed by atoms with Gasteiger partial charge < -0.3 is 10.6 Å². The predicted molar refractivity (Wildman–Crippen MR) is 95.9 cm³/mol. The molecule has 11 heteroatoms. The zero-order valence-corrected chi connectivity index (χ0v) is 15.6. The molecule has 0 radical (unpaired) electrons. The maximum atomic E-state index is 12.3. The van der Waals surface area contributed by atoms with Crippen LogP contribution >= 0.6 is 11.8 Å². The molecular formula is C18H14F6N2O2S. The van der Waals surface area contributed by atoms with Crippen molar-refractivity contribution in [2.24, 2.45) is 0 Å². The fourth-order valence-corrected chi connectivity index (χ4v) is 2.72. The molecule has 0 aliphatic heterocycles. The van der Waals surface area contributed by atoms with E-state index in [9.17, 15) is 35.9 Å². The van der Waals surface area contributed by atoms with Crippen molar-refractivity contribution in [1.29, 1.82) is 0 Å². The third-order valence-corrected chi connectivity index (χ3v) is 4.29. The molecule has 0 heterocycles. The van der Waals surface area contributed by atoms with Gasteiger partial charge in [-0.1, -0.05) is 6.07 Å². The molecule has 2 aromatic carbocycles. The number of carbonyl (C=O) groups excluding carboxylic acids is 2. The molecule has 0 aliphatic carbocycles. The van der Waals surface area contributed by atoms with Crippen molar-refractivity contribution in [3.8, 4) is 0 Å². The van der Waals surface area contributed by atoms with Crippen molar-refractivity contribution in [3.63, 3.8) is 0 Å². The standard InChI is InChI=1S/C18H14F6N2O2S/c1-10-2-3-12(15(27)25-9-17(19,20)21)8-14(10)26-16(28)11-4-6-13(7-5-11)29-18(22,23)24/h2-8H,9H2,1H3,(H,25,27)(H,26,28). The van der Waals surface area contributed by atoms with Gasteiger partial charge >= 0.3 is 11.7 Å². The molecule has 0 aliphatic rings. The van der Waals surface area contributed by atoms with Crippen molar-refractivity contribution in [3.05, 3.63) is 59.2 Å². The number of amides is 2. The summed E-state index contributed by atoms with van der Waals surface area (Å²) in [7, 11) is 0. The molecule has 2 N–H and O–H groups in total. The Hall–Kier alpha value is -2.69. The summed E-state index contributed by atoms with van der Waals surface area (Å²) >= 11 is -0.317. The SMILES string of the molecule is Cc1ccc(C(=O)NCC(F)(F)F)cc1NC(=O)c1ccc(SC(F)(F)F)cc1. The van der Waals surface area contributed by atoms with E-state index in [1.165, 1.54) is 30.3 Å². The monoisotopic (exact) mass is 436 g/mol. The average molecular weight is 436 g/mol. The van der Waals surface area contributed by atoms with Crippen LogP contribution in [0.25, 0.3) is 0 Å². The summed E-state index contributed by atoms with van der Waals surface area (Å²) in [6.07, 6.45) is -4.56. The van der Waals surface area contributed by atoms with E-state index >= 15 is 0 Å². The smallest absolute Gasteiger partial charge is 0.343 e. The van der Waals surface area contributed by atoms with Gasteiger partial charge in [0.2, 0.25) is 0 Å². The van der Waals surface area contributed by atoms with E-state index < -0.39 is 30.0 Å². The second kappa shape index (κ2) is 8.76. The maximum absolute atomic E-state index is 12.3. The predicted octanol–water partition coefficient (Wildman–Crippen LogP) is 5.15. The third-order valence-electron chi connectivity index (χ3n) is 3.55. The van der Waals surface area contributed by atoms with E-state index in [1.54, 1.807) is 12.2 Å². The lowest BCUT2D eigenvalue weighted by Crippen LogP contribution is -2.33. The van der Waals surface area contributed by atoms with E-state index in [4.69, 9.17) is 0 Å². The highest BCUT2D eigenvalue weighted by Crippen LogP contribution is 2.36. The van der Waals surface area contributed by atoms with Crippen molar-refractivity contribution in [2.75, 3.05) is 11.9 Å². The Kier molecular flexibility index (Phi) is 6.83. The largest absolute Gasteiger partial charge is 0.446 e. The summed E-state index contributed by atoms with van der Waals surface area (Å²) < 4.78 is 73.7. The number of aryl methyl sites for hydroxylation is 1. The molecule has 2 aromatic rings. The second-order valence-corrected chi connectivity index (χ2v) is 6.99.